The Kier molecular flexibility index (Phi) is 4.36. The molecule has 0 atom stereocenters. The largest absolute Gasteiger partial charge is 0.480 e. The van der Waals surface area contributed by atoms with Crippen LogP contribution in [-0.2, 0) is 11.3 Å². The van der Waals surface area contributed by atoms with Crippen LogP contribution in [0, 0.1) is 0 Å². The molecule has 10 nitrogen and oxygen atoms in total. The molecule has 0 saturated heterocycles. The van der Waals surface area contributed by atoms with Crippen molar-refractivity contribution in [3.63, 3.8) is 0 Å². The number of ether oxygens (including phenoxy) is 1. The Morgan fingerprint density at radius 2 is 2.00 bits per heavy atom. The zero-order chi connectivity index (χ0) is 19.7. The lowest BCUT2D eigenvalue weighted by atomic mass is 10.1. The van der Waals surface area contributed by atoms with E-state index < -0.39 is 5.97 Å². The van der Waals surface area contributed by atoms with E-state index in [9.17, 15) is 9.59 Å². The number of carbonyl (C=O) groups excluding carboxylic acids is 1. The van der Waals surface area contributed by atoms with Crippen molar-refractivity contribution in [1.82, 2.24) is 19.7 Å². The predicted octanol–water partition coefficient (Wildman–Crippen LogP) is 1.05. The van der Waals surface area contributed by atoms with Crippen molar-refractivity contribution in [3.8, 4) is 17.0 Å². The third-order valence-corrected chi connectivity index (χ3v) is 4.30. The Bertz CT molecular complexity index is 1050. The highest BCUT2D eigenvalue weighted by Gasteiger charge is 2.28. The second-order valence-corrected chi connectivity index (χ2v) is 6.11. The summed E-state index contributed by atoms with van der Waals surface area (Å²) in [5.74, 6) is -1.03. The molecule has 3 aromatic rings. The number of nitrogen functional groups attached to an aromatic ring is 1. The summed E-state index contributed by atoms with van der Waals surface area (Å²) in [4.78, 5) is 33.1. The summed E-state index contributed by atoms with van der Waals surface area (Å²) in [5.41, 5.74) is 8.30. The Balaban J connectivity index is 1.60. The van der Waals surface area contributed by atoms with Crippen molar-refractivity contribution in [3.05, 3.63) is 48.5 Å². The molecule has 2 aromatic heterocycles. The van der Waals surface area contributed by atoms with Gasteiger partial charge in [0.1, 0.15) is 30.9 Å². The first-order chi connectivity index (χ1) is 13.5. The number of nitrogens with two attached hydrogens (primary N) is 1. The van der Waals surface area contributed by atoms with Crippen molar-refractivity contribution in [2.45, 2.75) is 6.54 Å². The van der Waals surface area contributed by atoms with Crippen LogP contribution in [0.4, 0.5) is 11.5 Å². The first-order valence-electron chi connectivity index (χ1n) is 8.43. The molecule has 142 valence electrons. The molecule has 10 heteroatoms. The van der Waals surface area contributed by atoms with Gasteiger partial charge in [0.2, 0.25) is 5.88 Å². The van der Waals surface area contributed by atoms with Gasteiger partial charge < -0.3 is 20.5 Å². The molecule has 28 heavy (non-hydrogen) atoms. The van der Waals surface area contributed by atoms with Crippen LogP contribution in [0.25, 0.3) is 11.1 Å². The third-order valence-electron chi connectivity index (χ3n) is 4.30. The van der Waals surface area contributed by atoms with Gasteiger partial charge in [-0.15, -0.1) is 0 Å². The number of rotatable bonds is 4. The number of fused-ring (bicyclic) bond motifs is 1. The lowest BCUT2D eigenvalue weighted by Gasteiger charge is -2.20. The zero-order valence-electron chi connectivity index (χ0n) is 14.6. The first-order valence-corrected chi connectivity index (χ1v) is 8.43. The Morgan fingerprint density at radius 3 is 2.75 bits per heavy atom. The van der Waals surface area contributed by atoms with Crippen molar-refractivity contribution in [2.75, 3.05) is 23.8 Å². The van der Waals surface area contributed by atoms with Gasteiger partial charge in [0.25, 0.3) is 5.91 Å². The average molecular weight is 380 g/mol. The molecule has 0 aliphatic carbocycles. The van der Waals surface area contributed by atoms with E-state index in [-0.39, 0.29) is 36.3 Å². The lowest BCUT2D eigenvalue weighted by Crippen LogP contribution is -2.32. The van der Waals surface area contributed by atoms with E-state index in [0.29, 0.717) is 12.2 Å². The molecule has 0 spiro atoms. The fraction of sp³-hybridized carbons (Fsp3) is 0.167. The molecule has 0 radical (unpaired) electrons. The van der Waals surface area contributed by atoms with E-state index in [1.807, 2.05) is 12.1 Å². The maximum absolute atomic E-state index is 12.9. The number of benzene rings is 1. The number of anilines is 2. The molecule has 0 saturated carbocycles. The summed E-state index contributed by atoms with van der Waals surface area (Å²) < 4.78 is 6.87. The molecule has 1 aromatic carbocycles. The standard InChI is InChI=1S/C18H16N6O4/c19-16-15-17(21-10-20-16)28-6-5-24(18(15)27)13-3-1-11(2-4-13)12-7-22-23(8-12)9-14(25)26/h1-4,7-8,10H,5-6,9H2,(H,25,26)(H2,19,20,21). The van der Waals surface area contributed by atoms with E-state index in [1.54, 1.807) is 29.4 Å². The summed E-state index contributed by atoms with van der Waals surface area (Å²) >= 11 is 0. The molecule has 1 aliphatic rings. The van der Waals surface area contributed by atoms with E-state index in [0.717, 1.165) is 11.1 Å². The molecule has 1 aliphatic heterocycles. The zero-order valence-corrected chi connectivity index (χ0v) is 14.6. The van der Waals surface area contributed by atoms with Gasteiger partial charge in [0, 0.05) is 17.4 Å². The lowest BCUT2D eigenvalue weighted by molar-refractivity contribution is -0.137. The normalized spacial score (nSPS) is 13.6. The Morgan fingerprint density at radius 1 is 1.21 bits per heavy atom. The number of hydrogen-bond acceptors (Lipinski definition) is 7. The number of aromatic nitrogens is 4. The third kappa shape index (κ3) is 3.22. The molecular formula is C18H16N6O4. The number of aliphatic carboxylic acids is 1. The minimum atomic E-state index is -0.963. The summed E-state index contributed by atoms with van der Waals surface area (Å²) in [6, 6.07) is 7.27. The van der Waals surface area contributed by atoms with E-state index >= 15 is 0 Å². The van der Waals surface area contributed by atoms with Gasteiger partial charge >= 0.3 is 5.97 Å². The van der Waals surface area contributed by atoms with Gasteiger partial charge in [0.05, 0.1) is 12.7 Å². The number of nitrogens with zero attached hydrogens (tertiary/aromatic N) is 5. The van der Waals surface area contributed by atoms with Crippen molar-refractivity contribution in [2.24, 2.45) is 0 Å². The van der Waals surface area contributed by atoms with Gasteiger partial charge in [-0.3, -0.25) is 14.3 Å². The molecule has 3 N–H and O–H groups in total. The number of amides is 1. The van der Waals surface area contributed by atoms with Crippen LogP contribution in [0.5, 0.6) is 5.88 Å². The van der Waals surface area contributed by atoms with Crippen LogP contribution in [0.3, 0.4) is 0 Å². The topological polar surface area (TPSA) is 136 Å². The number of carbonyl (C=O) groups is 2. The van der Waals surface area contributed by atoms with Gasteiger partial charge in [0.15, 0.2) is 0 Å². The predicted molar refractivity (Wildman–Crippen MR) is 98.9 cm³/mol. The van der Waals surface area contributed by atoms with Crippen molar-refractivity contribution in [1.29, 1.82) is 0 Å². The number of carboxylic acids is 1. The van der Waals surface area contributed by atoms with Crippen LogP contribution >= 0.6 is 0 Å². The number of carboxylic acid groups (broad SMARTS) is 1. The van der Waals surface area contributed by atoms with Gasteiger partial charge in [-0.1, -0.05) is 12.1 Å². The second kappa shape index (κ2) is 6.99. The SMILES string of the molecule is Nc1ncnc2c1C(=O)N(c1ccc(-c3cnn(CC(=O)O)c3)cc1)CCO2. The van der Waals surface area contributed by atoms with Crippen molar-refractivity contribution < 1.29 is 19.4 Å². The molecule has 0 unspecified atom stereocenters. The van der Waals surface area contributed by atoms with Crippen LogP contribution in [0.15, 0.2) is 43.0 Å². The van der Waals surface area contributed by atoms with E-state index in [1.165, 1.54) is 11.0 Å². The Hall–Kier alpha value is -3.95. The summed E-state index contributed by atoms with van der Waals surface area (Å²) in [6.45, 7) is 0.409. The average Bonchev–Trinajstić information content (AvgIpc) is 3.05. The first kappa shape index (κ1) is 17.5. The highest BCUT2D eigenvalue weighted by Crippen LogP contribution is 2.29. The van der Waals surface area contributed by atoms with Crippen LogP contribution in [0.2, 0.25) is 0 Å². The van der Waals surface area contributed by atoms with Gasteiger partial charge in [-0.2, -0.15) is 5.10 Å². The molecule has 4 rings (SSSR count). The summed E-state index contributed by atoms with van der Waals surface area (Å²) in [5, 5.41) is 12.9. The smallest absolute Gasteiger partial charge is 0.325 e. The minimum Gasteiger partial charge on any atom is -0.480 e. The summed E-state index contributed by atoms with van der Waals surface area (Å²) in [7, 11) is 0. The van der Waals surface area contributed by atoms with Crippen LogP contribution in [0.1, 0.15) is 10.4 Å². The molecule has 1 amide bonds. The van der Waals surface area contributed by atoms with Crippen LogP contribution < -0.4 is 15.4 Å². The monoisotopic (exact) mass is 380 g/mol. The fourth-order valence-corrected chi connectivity index (χ4v) is 2.98. The number of hydrogen-bond donors (Lipinski definition) is 2. The molecule has 3 heterocycles. The fourth-order valence-electron chi connectivity index (χ4n) is 2.98. The quantitative estimate of drug-likeness (QED) is 0.685. The molecule has 0 fully saturated rings. The highest BCUT2D eigenvalue weighted by molar-refractivity contribution is 6.10. The van der Waals surface area contributed by atoms with E-state index in [4.69, 9.17) is 15.6 Å². The maximum atomic E-state index is 12.9. The van der Waals surface area contributed by atoms with E-state index in [2.05, 4.69) is 15.1 Å². The van der Waals surface area contributed by atoms with Crippen molar-refractivity contribution >= 4 is 23.4 Å². The maximum Gasteiger partial charge on any atom is 0.325 e. The second-order valence-electron chi connectivity index (χ2n) is 6.11. The molecule has 0 bridgehead atoms. The Labute approximate surface area is 159 Å². The summed E-state index contributed by atoms with van der Waals surface area (Å²) in [6.07, 6.45) is 4.51. The highest BCUT2D eigenvalue weighted by atomic mass is 16.5. The van der Waals surface area contributed by atoms with Crippen LogP contribution in [-0.4, -0.2) is 49.9 Å². The van der Waals surface area contributed by atoms with Gasteiger partial charge in [-0.25, -0.2) is 9.97 Å². The molecular weight excluding hydrogens is 364 g/mol. The van der Waals surface area contributed by atoms with Gasteiger partial charge in [-0.05, 0) is 17.7 Å². The minimum absolute atomic E-state index is 0.0735.